The molecule has 0 radical (unpaired) electrons. The van der Waals surface area contributed by atoms with E-state index < -0.39 is 66.2 Å². The average molecular weight is 572 g/mol. The van der Waals surface area contributed by atoms with Crippen molar-refractivity contribution in [2.75, 3.05) is 0 Å². The van der Waals surface area contributed by atoms with E-state index in [1.54, 1.807) is 42.5 Å². The summed E-state index contributed by atoms with van der Waals surface area (Å²) in [7, 11) is 0. The molecule has 2 rings (SSSR count). The van der Waals surface area contributed by atoms with Gasteiger partial charge in [-0.2, -0.15) is 0 Å². The molecule has 4 unspecified atom stereocenters. The number of nitrogens with two attached hydrogens (primary N) is 2. The smallest absolute Gasteiger partial charge is 0.326 e. The maximum absolute atomic E-state index is 13.3. The number of amides is 4. The predicted molar refractivity (Wildman–Crippen MR) is 144 cm³/mol. The molecule has 0 aliphatic carbocycles. The Morgan fingerprint density at radius 3 is 1.80 bits per heavy atom. The number of benzene rings is 2. The number of primary amides is 1. The Kier molecular flexibility index (Phi) is 12.2. The average Bonchev–Trinajstić information content (AvgIpc) is 2.91. The molecule has 14 nitrogen and oxygen atoms in total. The Hall–Kier alpha value is -4.98. The number of aliphatic carboxylic acids is 2. The van der Waals surface area contributed by atoms with Crippen molar-refractivity contribution in [1.29, 1.82) is 0 Å². The Bertz CT molecular complexity index is 1240. The van der Waals surface area contributed by atoms with Crippen molar-refractivity contribution >= 4 is 35.6 Å². The minimum absolute atomic E-state index is 0.0360. The summed E-state index contributed by atoms with van der Waals surface area (Å²) in [6.45, 7) is 0. The number of carboxylic acid groups (broad SMARTS) is 2. The molecule has 0 heterocycles. The van der Waals surface area contributed by atoms with E-state index in [4.69, 9.17) is 11.5 Å². The molecule has 0 aliphatic rings. The van der Waals surface area contributed by atoms with Crippen LogP contribution in [-0.4, -0.2) is 75.1 Å². The van der Waals surface area contributed by atoms with Crippen molar-refractivity contribution in [3.05, 3.63) is 65.7 Å². The minimum Gasteiger partial charge on any atom is -0.508 e. The van der Waals surface area contributed by atoms with Crippen LogP contribution < -0.4 is 27.4 Å². The Balaban J connectivity index is 2.21. The van der Waals surface area contributed by atoms with E-state index in [-0.39, 0.29) is 31.4 Å². The van der Waals surface area contributed by atoms with Gasteiger partial charge < -0.3 is 42.7 Å². The van der Waals surface area contributed by atoms with Gasteiger partial charge in [0.2, 0.25) is 23.6 Å². The number of nitrogens with one attached hydrogen (secondary N) is 3. The number of carboxylic acids is 2. The molecular formula is C27H33N5O9. The molecule has 14 heteroatoms. The van der Waals surface area contributed by atoms with Crippen molar-refractivity contribution in [2.45, 2.75) is 56.3 Å². The number of rotatable bonds is 16. The lowest BCUT2D eigenvalue weighted by atomic mass is 10.0. The minimum atomic E-state index is -1.71. The molecule has 0 fully saturated rings. The third-order valence-electron chi connectivity index (χ3n) is 5.95. The molecule has 220 valence electrons. The highest BCUT2D eigenvalue weighted by Crippen LogP contribution is 2.11. The number of carbonyl (C=O) groups excluding carboxylic acids is 4. The van der Waals surface area contributed by atoms with Crippen LogP contribution in [0.3, 0.4) is 0 Å². The topological polar surface area (TPSA) is 251 Å². The predicted octanol–water partition coefficient (Wildman–Crippen LogP) is -1.22. The highest BCUT2D eigenvalue weighted by molar-refractivity contribution is 5.95. The maximum atomic E-state index is 13.3. The fourth-order valence-electron chi connectivity index (χ4n) is 3.79. The van der Waals surface area contributed by atoms with Crippen molar-refractivity contribution in [3.63, 3.8) is 0 Å². The van der Waals surface area contributed by atoms with Crippen LogP contribution in [-0.2, 0) is 41.6 Å². The highest BCUT2D eigenvalue weighted by atomic mass is 16.4. The van der Waals surface area contributed by atoms with Crippen LogP contribution in [0.15, 0.2) is 54.6 Å². The summed E-state index contributed by atoms with van der Waals surface area (Å²) in [5.41, 5.74) is 12.4. The zero-order valence-corrected chi connectivity index (χ0v) is 22.0. The number of hydrogen-bond donors (Lipinski definition) is 8. The summed E-state index contributed by atoms with van der Waals surface area (Å²) in [4.78, 5) is 73.0. The molecule has 0 saturated carbocycles. The van der Waals surface area contributed by atoms with Crippen molar-refractivity contribution in [3.8, 4) is 5.75 Å². The molecule has 4 amide bonds. The molecule has 10 N–H and O–H groups in total. The van der Waals surface area contributed by atoms with Gasteiger partial charge in [-0.15, -0.1) is 0 Å². The Morgan fingerprint density at radius 2 is 1.24 bits per heavy atom. The fourth-order valence-corrected chi connectivity index (χ4v) is 3.79. The molecule has 0 spiro atoms. The van der Waals surface area contributed by atoms with Crippen LogP contribution in [0.1, 0.15) is 30.4 Å². The van der Waals surface area contributed by atoms with Crippen LogP contribution in [0.5, 0.6) is 5.75 Å². The quantitative estimate of drug-likeness (QED) is 0.119. The normalized spacial score (nSPS) is 13.6. The second-order valence-corrected chi connectivity index (χ2v) is 9.29. The lowest BCUT2D eigenvalue weighted by molar-refractivity contribution is -0.143. The van der Waals surface area contributed by atoms with E-state index in [0.29, 0.717) is 11.1 Å². The summed E-state index contributed by atoms with van der Waals surface area (Å²) in [6.07, 6.45) is -1.57. The monoisotopic (exact) mass is 571 g/mol. The standard InChI is InChI=1S/C27H33N5O9/c28-18(12-16-6-8-17(33)9-7-16)24(37)31-20(13-15-4-2-1-3-5-15)25(38)32-21(14-23(35)36)26(39)30-19(27(40)41)10-11-22(29)34/h1-9,18-21,33H,10-14,28H2,(H2,29,34)(H,30,39)(H,31,37)(H,32,38)(H,35,36)(H,40,41). The SMILES string of the molecule is NC(=O)CCC(NC(=O)C(CC(=O)O)NC(=O)C(Cc1ccccc1)NC(=O)C(N)Cc1ccc(O)cc1)C(=O)O. The van der Waals surface area contributed by atoms with E-state index in [0.717, 1.165) is 0 Å². The number of carbonyl (C=O) groups is 6. The fraction of sp³-hybridized carbons (Fsp3) is 0.333. The summed E-state index contributed by atoms with van der Waals surface area (Å²) >= 11 is 0. The Labute approximate surface area is 235 Å². The van der Waals surface area contributed by atoms with Gasteiger partial charge in [-0.1, -0.05) is 42.5 Å². The summed E-state index contributed by atoms with van der Waals surface area (Å²) in [5, 5.41) is 35.0. The molecule has 0 saturated heterocycles. The van der Waals surface area contributed by atoms with Gasteiger partial charge in [-0.05, 0) is 36.1 Å². The summed E-state index contributed by atoms with van der Waals surface area (Å²) in [6, 6.07) is 8.93. The first-order chi connectivity index (χ1) is 19.3. The van der Waals surface area contributed by atoms with Crippen LogP contribution in [0.25, 0.3) is 0 Å². The van der Waals surface area contributed by atoms with Crippen LogP contribution in [0.2, 0.25) is 0 Å². The van der Waals surface area contributed by atoms with E-state index in [2.05, 4.69) is 16.0 Å². The highest BCUT2D eigenvalue weighted by Gasteiger charge is 2.32. The van der Waals surface area contributed by atoms with Gasteiger partial charge >= 0.3 is 11.9 Å². The molecule has 4 atom stereocenters. The van der Waals surface area contributed by atoms with E-state index in [1.807, 2.05) is 0 Å². The lowest BCUT2D eigenvalue weighted by Crippen LogP contribution is -2.58. The first kappa shape index (κ1) is 32.2. The van der Waals surface area contributed by atoms with Gasteiger partial charge in [0.05, 0.1) is 12.5 Å². The molecule has 2 aromatic carbocycles. The largest absolute Gasteiger partial charge is 0.508 e. The second-order valence-electron chi connectivity index (χ2n) is 9.29. The second kappa shape index (κ2) is 15.6. The van der Waals surface area contributed by atoms with E-state index >= 15 is 0 Å². The molecular weight excluding hydrogens is 538 g/mol. The zero-order valence-electron chi connectivity index (χ0n) is 22.0. The van der Waals surface area contributed by atoms with Gasteiger partial charge in [0.15, 0.2) is 0 Å². The zero-order chi connectivity index (χ0) is 30.5. The van der Waals surface area contributed by atoms with E-state index in [9.17, 15) is 44.1 Å². The molecule has 2 aromatic rings. The molecule has 0 aliphatic heterocycles. The van der Waals surface area contributed by atoms with Gasteiger partial charge in [0.25, 0.3) is 0 Å². The van der Waals surface area contributed by atoms with Crippen molar-refractivity contribution < 1.29 is 44.1 Å². The van der Waals surface area contributed by atoms with E-state index in [1.165, 1.54) is 12.1 Å². The molecule has 41 heavy (non-hydrogen) atoms. The van der Waals surface area contributed by atoms with Crippen LogP contribution in [0.4, 0.5) is 0 Å². The first-order valence-electron chi connectivity index (χ1n) is 12.6. The van der Waals surface area contributed by atoms with Crippen molar-refractivity contribution in [2.24, 2.45) is 11.5 Å². The first-order valence-corrected chi connectivity index (χ1v) is 12.6. The van der Waals surface area contributed by atoms with Gasteiger partial charge in [-0.3, -0.25) is 24.0 Å². The third kappa shape index (κ3) is 11.3. The van der Waals surface area contributed by atoms with Gasteiger partial charge in [0.1, 0.15) is 23.9 Å². The molecule has 0 bridgehead atoms. The number of phenols is 1. The van der Waals surface area contributed by atoms with Crippen molar-refractivity contribution in [1.82, 2.24) is 16.0 Å². The maximum Gasteiger partial charge on any atom is 0.326 e. The number of phenolic OH excluding ortho intramolecular Hbond substituents is 1. The van der Waals surface area contributed by atoms with Gasteiger partial charge in [0, 0.05) is 12.8 Å². The molecule has 0 aromatic heterocycles. The van der Waals surface area contributed by atoms with Crippen LogP contribution in [0, 0.1) is 0 Å². The van der Waals surface area contributed by atoms with Gasteiger partial charge in [-0.25, -0.2) is 4.79 Å². The third-order valence-corrected chi connectivity index (χ3v) is 5.95. The van der Waals surface area contributed by atoms with Crippen LogP contribution >= 0.6 is 0 Å². The number of aromatic hydroxyl groups is 1. The lowest BCUT2D eigenvalue weighted by Gasteiger charge is -2.25. The number of hydrogen-bond acceptors (Lipinski definition) is 8. The summed E-state index contributed by atoms with van der Waals surface area (Å²) in [5.74, 6) is -6.45. The Morgan fingerprint density at radius 1 is 0.707 bits per heavy atom. The summed E-state index contributed by atoms with van der Waals surface area (Å²) < 4.78 is 0.